The van der Waals surface area contributed by atoms with Crippen molar-refractivity contribution in [2.75, 3.05) is 0 Å². The van der Waals surface area contributed by atoms with E-state index in [1.54, 1.807) is 13.2 Å². The first-order valence-corrected chi connectivity index (χ1v) is 4.57. The van der Waals surface area contributed by atoms with E-state index in [4.69, 9.17) is 0 Å². The minimum Gasteiger partial charge on any atom is -0.287 e. The van der Waals surface area contributed by atoms with Gasteiger partial charge in [-0.2, -0.15) is 5.10 Å². The maximum Gasteiger partial charge on any atom is 0.213 e. The molecule has 16 heavy (non-hydrogen) atoms. The lowest BCUT2D eigenvalue weighted by atomic mass is 10.1. The second-order valence-corrected chi connectivity index (χ2v) is 3.36. The zero-order valence-corrected chi connectivity index (χ0v) is 8.45. The normalized spacial score (nSPS) is 10.4. The lowest BCUT2D eigenvalue weighted by Crippen LogP contribution is -2.04. The Kier molecular flexibility index (Phi) is 2.52. The Balaban J connectivity index is 2.41. The van der Waals surface area contributed by atoms with Gasteiger partial charge in [0.25, 0.3) is 0 Å². The average Bonchev–Trinajstić information content (AvgIpc) is 2.62. The van der Waals surface area contributed by atoms with Crippen molar-refractivity contribution in [2.24, 2.45) is 7.05 Å². The van der Waals surface area contributed by atoms with Gasteiger partial charge in [0.1, 0.15) is 17.3 Å². The number of aryl methyl sites for hydroxylation is 1. The second-order valence-electron chi connectivity index (χ2n) is 3.36. The van der Waals surface area contributed by atoms with E-state index in [9.17, 15) is 13.6 Å². The molecule has 0 aliphatic carbocycles. The molecule has 82 valence electrons. The van der Waals surface area contributed by atoms with Crippen molar-refractivity contribution in [1.82, 2.24) is 9.78 Å². The van der Waals surface area contributed by atoms with Crippen molar-refractivity contribution in [1.29, 1.82) is 0 Å². The molecule has 0 aliphatic rings. The Bertz CT molecular complexity index is 528. The Morgan fingerprint density at radius 2 is 1.88 bits per heavy atom. The molecule has 0 spiro atoms. The number of carbonyl (C=O) groups is 1. The minimum absolute atomic E-state index is 0.0452. The van der Waals surface area contributed by atoms with E-state index in [1.165, 1.54) is 10.7 Å². The monoisotopic (exact) mass is 222 g/mol. The van der Waals surface area contributed by atoms with E-state index in [2.05, 4.69) is 5.10 Å². The first kappa shape index (κ1) is 10.5. The van der Waals surface area contributed by atoms with Gasteiger partial charge in [-0.3, -0.25) is 9.48 Å². The van der Waals surface area contributed by atoms with Crippen LogP contribution in [-0.4, -0.2) is 15.6 Å². The lowest BCUT2D eigenvalue weighted by Gasteiger charge is -1.98. The smallest absolute Gasteiger partial charge is 0.213 e. The summed E-state index contributed by atoms with van der Waals surface area (Å²) in [5, 5.41) is 3.87. The zero-order chi connectivity index (χ0) is 11.7. The van der Waals surface area contributed by atoms with Crippen LogP contribution in [-0.2, 0) is 7.05 Å². The number of rotatable bonds is 2. The molecule has 1 heterocycles. The molecule has 0 saturated heterocycles. The first-order valence-electron chi connectivity index (χ1n) is 4.57. The number of ketones is 1. The summed E-state index contributed by atoms with van der Waals surface area (Å²) in [7, 11) is 1.66. The molecule has 0 N–H and O–H groups in total. The number of carbonyl (C=O) groups excluding carboxylic acids is 1. The number of nitrogens with zero attached hydrogens (tertiary/aromatic N) is 2. The van der Waals surface area contributed by atoms with E-state index >= 15 is 0 Å². The lowest BCUT2D eigenvalue weighted by molar-refractivity contribution is 0.103. The van der Waals surface area contributed by atoms with E-state index in [1.807, 2.05) is 0 Å². The van der Waals surface area contributed by atoms with Crippen molar-refractivity contribution in [3.8, 4) is 0 Å². The van der Waals surface area contributed by atoms with Gasteiger partial charge in [0, 0.05) is 24.9 Å². The van der Waals surface area contributed by atoms with Gasteiger partial charge >= 0.3 is 0 Å². The van der Waals surface area contributed by atoms with Crippen LogP contribution in [0.1, 0.15) is 16.1 Å². The molecule has 5 heteroatoms. The van der Waals surface area contributed by atoms with Gasteiger partial charge in [0.15, 0.2) is 0 Å². The van der Waals surface area contributed by atoms with Gasteiger partial charge in [0.2, 0.25) is 5.78 Å². The van der Waals surface area contributed by atoms with Crippen LogP contribution < -0.4 is 0 Å². The summed E-state index contributed by atoms with van der Waals surface area (Å²) < 4.78 is 27.2. The molecule has 2 rings (SSSR count). The molecule has 0 radical (unpaired) electrons. The SMILES string of the molecule is Cn1ccc(C(=O)c2cc(F)cc(F)c2)n1. The predicted octanol–water partition coefficient (Wildman–Crippen LogP) is 1.93. The molecule has 0 saturated carbocycles. The molecule has 0 bridgehead atoms. The molecule has 0 atom stereocenters. The quantitative estimate of drug-likeness (QED) is 0.728. The topological polar surface area (TPSA) is 34.9 Å². The summed E-state index contributed by atoms with van der Waals surface area (Å²) in [6, 6.07) is 4.18. The van der Waals surface area contributed by atoms with Crippen LogP contribution in [0.4, 0.5) is 8.78 Å². The largest absolute Gasteiger partial charge is 0.287 e. The summed E-state index contributed by atoms with van der Waals surface area (Å²) in [5.74, 6) is -2.06. The average molecular weight is 222 g/mol. The van der Waals surface area contributed by atoms with Crippen LogP contribution >= 0.6 is 0 Å². The molecular weight excluding hydrogens is 214 g/mol. The second kappa shape index (κ2) is 3.84. The van der Waals surface area contributed by atoms with Gasteiger partial charge in [-0.1, -0.05) is 0 Å². The van der Waals surface area contributed by atoms with Crippen molar-refractivity contribution >= 4 is 5.78 Å². The maximum absolute atomic E-state index is 12.9. The number of aromatic nitrogens is 2. The Hall–Kier alpha value is -2.04. The fourth-order valence-corrected chi connectivity index (χ4v) is 1.37. The Labute approximate surface area is 90.3 Å². The highest BCUT2D eigenvalue weighted by atomic mass is 19.1. The molecule has 0 aliphatic heterocycles. The molecule has 1 aromatic heterocycles. The summed E-state index contributed by atoms with van der Waals surface area (Å²) >= 11 is 0. The van der Waals surface area contributed by atoms with Gasteiger partial charge in [0.05, 0.1) is 0 Å². The molecule has 2 aromatic rings. The van der Waals surface area contributed by atoms with Gasteiger partial charge in [-0.05, 0) is 18.2 Å². The Morgan fingerprint density at radius 1 is 1.25 bits per heavy atom. The van der Waals surface area contributed by atoms with Gasteiger partial charge in [-0.15, -0.1) is 0 Å². The van der Waals surface area contributed by atoms with Gasteiger partial charge in [-0.25, -0.2) is 8.78 Å². The van der Waals surface area contributed by atoms with Crippen molar-refractivity contribution in [3.63, 3.8) is 0 Å². The summed E-state index contributed by atoms with van der Waals surface area (Å²) in [5.41, 5.74) is 0.115. The van der Waals surface area contributed by atoms with Crippen molar-refractivity contribution in [3.05, 3.63) is 53.4 Å². The van der Waals surface area contributed by atoms with Crippen molar-refractivity contribution < 1.29 is 13.6 Å². The predicted molar refractivity (Wildman–Crippen MR) is 53.0 cm³/mol. The van der Waals surface area contributed by atoms with E-state index in [0.29, 0.717) is 0 Å². The zero-order valence-electron chi connectivity index (χ0n) is 8.45. The highest BCUT2D eigenvalue weighted by Gasteiger charge is 2.13. The number of benzene rings is 1. The maximum atomic E-state index is 12.9. The van der Waals surface area contributed by atoms with Crippen LogP contribution in [0, 0.1) is 11.6 Å². The minimum atomic E-state index is -0.778. The molecular formula is C11H8F2N2O. The molecule has 0 fully saturated rings. The van der Waals surface area contributed by atoms with E-state index in [0.717, 1.165) is 18.2 Å². The van der Waals surface area contributed by atoms with E-state index in [-0.39, 0.29) is 11.3 Å². The van der Waals surface area contributed by atoms with Gasteiger partial charge < -0.3 is 0 Å². The van der Waals surface area contributed by atoms with Crippen LogP contribution in [0.25, 0.3) is 0 Å². The third-order valence-electron chi connectivity index (χ3n) is 2.07. The number of hydrogen-bond acceptors (Lipinski definition) is 2. The molecule has 3 nitrogen and oxygen atoms in total. The fraction of sp³-hybridized carbons (Fsp3) is 0.0909. The number of halogens is 2. The van der Waals surface area contributed by atoms with Crippen LogP contribution in [0.15, 0.2) is 30.5 Å². The summed E-state index contributed by atoms with van der Waals surface area (Å²) in [4.78, 5) is 11.8. The fourth-order valence-electron chi connectivity index (χ4n) is 1.37. The third kappa shape index (κ3) is 1.98. The standard InChI is InChI=1S/C11H8F2N2O/c1-15-3-2-10(14-15)11(16)7-4-8(12)6-9(13)5-7/h2-6H,1H3. The molecule has 0 unspecified atom stereocenters. The van der Waals surface area contributed by atoms with Crippen LogP contribution in [0.5, 0.6) is 0 Å². The number of hydrogen-bond donors (Lipinski definition) is 0. The first-order chi connectivity index (χ1) is 7.56. The van der Waals surface area contributed by atoms with Crippen LogP contribution in [0.3, 0.4) is 0 Å². The summed E-state index contributed by atoms with van der Waals surface area (Å²) in [6.45, 7) is 0. The van der Waals surface area contributed by atoms with E-state index < -0.39 is 17.4 Å². The third-order valence-corrected chi connectivity index (χ3v) is 2.07. The highest BCUT2D eigenvalue weighted by Crippen LogP contribution is 2.12. The van der Waals surface area contributed by atoms with Crippen LogP contribution in [0.2, 0.25) is 0 Å². The van der Waals surface area contributed by atoms with Crippen molar-refractivity contribution in [2.45, 2.75) is 0 Å². The highest BCUT2D eigenvalue weighted by molar-refractivity contribution is 6.07. The Morgan fingerprint density at radius 3 is 2.38 bits per heavy atom. The summed E-state index contributed by atoms with van der Waals surface area (Å²) in [6.07, 6.45) is 1.59. The molecule has 0 amide bonds. The molecule has 1 aromatic carbocycles.